The number of anilines is 1. The van der Waals surface area contributed by atoms with Gasteiger partial charge in [0, 0.05) is 5.69 Å². The number of fused-ring (bicyclic) bond motifs is 2. The minimum atomic E-state index is -0.909. The first-order valence-electron chi connectivity index (χ1n) is 7.33. The summed E-state index contributed by atoms with van der Waals surface area (Å²) in [6, 6.07) is 4.75. The van der Waals surface area contributed by atoms with Gasteiger partial charge in [0.15, 0.2) is 0 Å². The van der Waals surface area contributed by atoms with Crippen LogP contribution in [0.15, 0.2) is 12.1 Å². The quantitative estimate of drug-likeness (QED) is 0.726. The summed E-state index contributed by atoms with van der Waals surface area (Å²) in [7, 11) is 0. The molecule has 2 aliphatic rings. The number of hydrogen-bond acceptors (Lipinski definition) is 5. The summed E-state index contributed by atoms with van der Waals surface area (Å²) in [5.41, 5.74) is 1.04. The van der Waals surface area contributed by atoms with Gasteiger partial charge in [0.1, 0.15) is 18.3 Å². The van der Waals surface area contributed by atoms with Crippen molar-refractivity contribution in [1.29, 1.82) is 5.26 Å². The maximum absolute atomic E-state index is 10.3. The molecule has 22 heavy (non-hydrogen) atoms. The Hall–Kier alpha value is -1.32. The summed E-state index contributed by atoms with van der Waals surface area (Å²) in [6.45, 7) is 3.55. The Bertz CT molecular complexity index is 636. The maximum atomic E-state index is 10.3. The van der Waals surface area contributed by atoms with E-state index in [2.05, 4.69) is 0 Å². The highest BCUT2D eigenvalue weighted by molar-refractivity contribution is 6.32. The van der Waals surface area contributed by atoms with Gasteiger partial charge in [-0.2, -0.15) is 5.26 Å². The van der Waals surface area contributed by atoms with Gasteiger partial charge in [-0.1, -0.05) is 11.6 Å². The second kappa shape index (κ2) is 5.10. The molecule has 0 aromatic heterocycles. The van der Waals surface area contributed by atoms with Gasteiger partial charge in [0.25, 0.3) is 0 Å². The molecular weight excluding hydrogens is 304 g/mol. The SMILES string of the molecule is Cc1c(N2[C@@H]3CC(C)(O)C[C@H]2C(O)C3O)ccc(C#N)c1Cl. The Balaban J connectivity index is 2.07. The van der Waals surface area contributed by atoms with Crippen LogP contribution in [0, 0.1) is 18.3 Å². The van der Waals surface area contributed by atoms with Crippen LogP contribution in [0.25, 0.3) is 0 Å². The Morgan fingerprint density at radius 3 is 2.32 bits per heavy atom. The van der Waals surface area contributed by atoms with Crippen LogP contribution in [0.5, 0.6) is 0 Å². The van der Waals surface area contributed by atoms with Gasteiger partial charge in [0.05, 0.1) is 28.3 Å². The van der Waals surface area contributed by atoms with Crippen molar-refractivity contribution >= 4 is 17.3 Å². The van der Waals surface area contributed by atoms with Gasteiger partial charge in [-0.05, 0) is 44.4 Å². The fourth-order valence-corrected chi connectivity index (χ4v) is 4.05. The van der Waals surface area contributed by atoms with Crippen molar-refractivity contribution in [3.63, 3.8) is 0 Å². The van der Waals surface area contributed by atoms with E-state index in [0.29, 0.717) is 23.4 Å². The average Bonchev–Trinajstić information content (AvgIpc) is 2.61. The highest BCUT2D eigenvalue weighted by Crippen LogP contribution is 2.45. The van der Waals surface area contributed by atoms with Crippen LogP contribution >= 0.6 is 11.6 Å². The maximum Gasteiger partial charge on any atom is 0.102 e. The topological polar surface area (TPSA) is 87.7 Å². The number of benzene rings is 1. The lowest BCUT2D eigenvalue weighted by Crippen LogP contribution is -2.52. The van der Waals surface area contributed by atoms with E-state index < -0.39 is 17.8 Å². The molecule has 0 aliphatic carbocycles. The fraction of sp³-hybridized carbons (Fsp3) is 0.562. The zero-order chi connectivity index (χ0) is 16.2. The molecule has 2 aliphatic heterocycles. The smallest absolute Gasteiger partial charge is 0.102 e. The Labute approximate surface area is 134 Å². The summed E-state index contributed by atoms with van der Waals surface area (Å²) < 4.78 is 0. The molecule has 1 aromatic rings. The summed E-state index contributed by atoms with van der Waals surface area (Å²) in [5, 5.41) is 40.4. The van der Waals surface area contributed by atoms with Gasteiger partial charge in [0.2, 0.25) is 0 Å². The zero-order valence-corrected chi connectivity index (χ0v) is 13.2. The van der Waals surface area contributed by atoms with Crippen LogP contribution in [-0.4, -0.2) is 45.2 Å². The van der Waals surface area contributed by atoms with Crippen molar-refractivity contribution in [2.24, 2.45) is 0 Å². The number of nitrogens with zero attached hydrogens (tertiary/aromatic N) is 2. The Kier molecular flexibility index (Phi) is 3.61. The zero-order valence-electron chi connectivity index (χ0n) is 12.5. The Morgan fingerprint density at radius 1 is 1.27 bits per heavy atom. The fourth-order valence-electron chi connectivity index (χ4n) is 3.85. The molecular formula is C16H19ClN2O3. The molecule has 118 valence electrons. The molecule has 2 heterocycles. The third kappa shape index (κ3) is 2.19. The van der Waals surface area contributed by atoms with Gasteiger partial charge in [-0.15, -0.1) is 0 Å². The van der Waals surface area contributed by atoms with Gasteiger partial charge >= 0.3 is 0 Å². The number of aliphatic hydroxyl groups excluding tert-OH is 2. The van der Waals surface area contributed by atoms with E-state index in [4.69, 9.17) is 16.9 Å². The van der Waals surface area contributed by atoms with Crippen LogP contribution < -0.4 is 4.90 Å². The summed E-state index contributed by atoms with van der Waals surface area (Å²) in [5.74, 6) is 0. The highest BCUT2D eigenvalue weighted by atomic mass is 35.5. The van der Waals surface area contributed by atoms with Crippen LogP contribution in [0.3, 0.4) is 0 Å². The minimum absolute atomic E-state index is 0.369. The number of aliphatic hydroxyl groups is 3. The van der Waals surface area contributed by atoms with Crippen molar-refractivity contribution in [3.05, 3.63) is 28.3 Å². The van der Waals surface area contributed by atoms with Crippen molar-refractivity contribution in [2.45, 2.75) is 56.6 Å². The van der Waals surface area contributed by atoms with Crippen molar-refractivity contribution < 1.29 is 15.3 Å². The summed E-state index contributed by atoms with van der Waals surface area (Å²) in [4.78, 5) is 1.95. The van der Waals surface area contributed by atoms with E-state index in [0.717, 1.165) is 11.3 Å². The molecule has 0 saturated carbocycles. The largest absolute Gasteiger partial charge is 0.390 e. The standard InChI is InChI=1S/C16H19ClN2O3/c1-8-10(4-3-9(7-18)13(8)17)19-11-5-16(2,22)6-12(19)15(21)14(11)20/h3-4,11-12,14-15,20-22H,5-6H2,1-2H3/t11-,12+,14?,15?,16?. The molecule has 3 rings (SSSR count). The lowest BCUT2D eigenvalue weighted by Gasteiger charge is -2.44. The normalized spacial score (nSPS) is 37.2. The van der Waals surface area contributed by atoms with Crippen LogP contribution in [0.1, 0.15) is 30.9 Å². The number of halogens is 1. The second-order valence-electron chi connectivity index (χ2n) is 6.61. The van der Waals surface area contributed by atoms with Gasteiger partial charge in [-0.3, -0.25) is 0 Å². The van der Waals surface area contributed by atoms with E-state index in [9.17, 15) is 15.3 Å². The monoisotopic (exact) mass is 322 g/mol. The molecule has 6 heteroatoms. The number of rotatable bonds is 1. The van der Waals surface area contributed by atoms with E-state index in [1.807, 2.05) is 17.9 Å². The van der Waals surface area contributed by atoms with Crippen LogP contribution in [-0.2, 0) is 0 Å². The third-order valence-electron chi connectivity index (χ3n) is 4.91. The van der Waals surface area contributed by atoms with Gasteiger partial charge < -0.3 is 20.2 Å². The molecule has 3 unspecified atom stereocenters. The molecule has 2 saturated heterocycles. The average molecular weight is 323 g/mol. The summed E-state index contributed by atoms with van der Waals surface area (Å²) >= 11 is 6.24. The van der Waals surface area contributed by atoms with Crippen LogP contribution in [0.4, 0.5) is 5.69 Å². The number of nitriles is 1. The molecule has 0 amide bonds. The molecule has 5 atom stereocenters. The summed E-state index contributed by atoms with van der Waals surface area (Å²) in [6.07, 6.45) is -1.07. The molecule has 0 radical (unpaired) electrons. The lowest BCUT2D eigenvalue weighted by atomic mass is 9.87. The van der Waals surface area contributed by atoms with Crippen LogP contribution in [0.2, 0.25) is 5.02 Å². The number of piperidine rings is 1. The molecule has 3 N–H and O–H groups in total. The molecule has 0 spiro atoms. The first-order chi connectivity index (χ1) is 10.3. The van der Waals surface area contributed by atoms with Gasteiger partial charge in [-0.25, -0.2) is 0 Å². The highest BCUT2D eigenvalue weighted by Gasteiger charge is 2.55. The first kappa shape index (κ1) is 15.6. The molecule has 1 aromatic carbocycles. The minimum Gasteiger partial charge on any atom is -0.390 e. The van der Waals surface area contributed by atoms with Crippen molar-refractivity contribution in [1.82, 2.24) is 0 Å². The lowest BCUT2D eigenvalue weighted by molar-refractivity contribution is 0.0122. The van der Waals surface area contributed by atoms with E-state index in [-0.39, 0.29) is 12.1 Å². The molecule has 2 fully saturated rings. The van der Waals surface area contributed by atoms with E-state index in [1.165, 1.54) is 0 Å². The predicted molar refractivity (Wildman–Crippen MR) is 82.8 cm³/mol. The predicted octanol–water partition coefficient (Wildman–Crippen LogP) is 1.34. The van der Waals surface area contributed by atoms with Crippen molar-refractivity contribution in [3.8, 4) is 6.07 Å². The number of hydrogen-bond donors (Lipinski definition) is 3. The van der Waals surface area contributed by atoms with E-state index in [1.54, 1.807) is 19.1 Å². The van der Waals surface area contributed by atoms with Crippen molar-refractivity contribution in [2.75, 3.05) is 4.90 Å². The first-order valence-corrected chi connectivity index (χ1v) is 7.70. The Morgan fingerprint density at radius 2 is 1.82 bits per heavy atom. The molecule has 2 bridgehead atoms. The third-order valence-corrected chi connectivity index (χ3v) is 5.39. The van der Waals surface area contributed by atoms with E-state index >= 15 is 0 Å². The molecule has 5 nitrogen and oxygen atoms in total. The second-order valence-corrected chi connectivity index (χ2v) is 6.99.